The van der Waals surface area contributed by atoms with Crippen molar-refractivity contribution in [2.75, 3.05) is 12.0 Å². The van der Waals surface area contributed by atoms with E-state index in [0.29, 0.717) is 6.42 Å². The number of aryl methyl sites for hydroxylation is 1. The molecule has 1 unspecified atom stereocenters. The summed E-state index contributed by atoms with van der Waals surface area (Å²) in [5, 5.41) is 0. The van der Waals surface area contributed by atoms with E-state index in [9.17, 15) is 8.42 Å². The zero-order valence-corrected chi connectivity index (χ0v) is 13.9. The van der Waals surface area contributed by atoms with Gasteiger partial charge in [-0.1, -0.05) is 15.9 Å². The fourth-order valence-electron chi connectivity index (χ4n) is 2.21. The van der Waals surface area contributed by atoms with Gasteiger partial charge in [0.2, 0.25) is 0 Å². The normalized spacial score (nSPS) is 13.8. The van der Waals surface area contributed by atoms with Crippen molar-refractivity contribution in [2.24, 2.45) is 5.73 Å². The topological polar surface area (TPSA) is 78.0 Å². The number of nitrogens with two attached hydrogens (primary N) is 1. The van der Waals surface area contributed by atoms with Crippen LogP contribution in [0.4, 0.5) is 0 Å². The van der Waals surface area contributed by atoms with E-state index in [0.717, 1.165) is 27.9 Å². The maximum absolute atomic E-state index is 11.2. The number of rotatable bonds is 5. The second-order valence-corrected chi connectivity index (χ2v) is 8.05. The van der Waals surface area contributed by atoms with Crippen molar-refractivity contribution in [3.05, 3.63) is 28.5 Å². The molecule has 1 atom stereocenters. The molecule has 2 N–H and O–H groups in total. The van der Waals surface area contributed by atoms with Crippen LogP contribution in [0.15, 0.2) is 22.7 Å². The Kier molecular flexibility index (Phi) is 4.51. The minimum atomic E-state index is -3.01. The maximum atomic E-state index is 11.2. The highest BCUT2D eigenvalue weighted by Gasteiger charge is 2.18. The van der Waals surface area contributed by atoms with E-state index < -0.39 is 9.84 Å². The van der Waals surface area contributed by atoms with Gasteiger partial charge in [0.1, 0.15) is 15.7 Å². The van der Waals surface area contributed by atoms with Crippen molar-refractivity contribution in [2.45, 2.75) is 25.9 Å². The molecule has 5 nitrogen and oxygen atoms in total. The smallest absolute Gasteiger partial charge is 0.147 e. The molecule has 0 aliphatic heterocycles. The first-order chi connectivity index (χ1) is 9.31. The molecule has 2 aromatic rings. The van der Waals surface area contributed by atoms with Crippen LogP contribution in [0.3, 0.4) is 0 Å². The number of sulfone groups is 1. The molecule has 0 aliphatic rings. The minimum Gasteiger partial charge on any atom is -0.327 e. The molecule has 0 radical (unpaired) electrons. The van der Waals surface area contributed by atoms with Crippen molar-refractivity contribution < 1.29 is 8.42 Å². The molecule has 1 aromatic heterocycles. The molecule has 0 aliphatic carbocycles. The Morgan fingerprint density at radius 2 is 2.15 bits per heavy atom. The number of fused-ring (bicyclic) bond motifs is 1. The second-order valence-electron chi connectivity index (χ2n) is 4.87. The average Bonchev–Trinajstić information content (AvgIpc) is 2.72. The molecule has 0 amide bonds. The van der Waals surface area contributed by atoms with Gasteiger partial charge in [-0.3, -0.25) is 0 Å². The van der Waals surface area contributed by atoms with Gasteiger partial charge in [0.25, 0.3) is 0 Å². The third-order valence-electron chi connectivity index (χ3n) is 3.19. The predicted octanol–water partition coefficient (Wildman–Crippen LogP) is 2.25. The van der Waals surface area contributed by atoms with Gasteiger partial charge < -0.3 is 10.3 Å². The Hall–Kier alpha value is -0.920. The zero-order chi connectivity index (χ0) is 14.9. The van der Waals surface area contributed by atoms with Crippen LogP contribution in [0.1, 0.15) is 25.2 Å². The number of benzene rings is 1. The number of aromatic nitrogens is 2. The van der Waals surface area contributed by atoms with Crippen LogP contribution in [0.5, 0.6) is 0 Å². The molecule has 110 valence electrons. The summed E-state index contributed by atoms with van der Waals surface area (Å²) < 4.78 is 25.5. The lowest BCUT2D eigenvalue weighted by Crippen LogP contribution is -2.19. The summed E-state index contributed by atoms with van der Waals surface area (Å²) in [4.78, 5) is 4.56. The molecule has 1 heterocycles. The molecular formula is C13H18BrN3O2S. The fourth-order valence-corrected chi connectivity index (χ4v) is 3.24. The van der Waals surface area contributed by atoms with Crippen molar-refractivity contribution >= 4 is 36.8 Å². The van der Waals surface area contributed by atoms with Gasteiger partial charge in [-0.05, 0) is 31.5 Å². The highest BCUT2D eigenvalue weighted by molar-refractivity contribution is 9.10. The van der Waals surface area contributed by atoms with Gasteiger partial charge in [-0.15, -0.1) is 0 Å². The summed E-state index contributed by atoms with van der Waals surface area (Å²) in [7, 11) is -3.01. The van der Waals surface area contributed by atoms with Crippen molar-refractivity contribution in [1.82, 2.24) is 9.55 Å². The van der Waals surface area contributed by atoms with Gasteiger partial charge in [0.05, 0.1) is 22.8 Å². The van der Waals surface area contributed by atoms with E-state index in [4.69, 9.17) is 5.73 Å². The Morgan fingerprint density at radius 3 is 2.75 bits per heavy atom. The van der Waals surface area contributed by atoms with Gasteiger partial charge in [-0.25, -0.2) is 13.4 Å². The van der Waals surface area contributed by atoms with Crippen LogP contribution >= 0.6 is 15.9 Å². The monoisotopic (exact) mass is 359 g/mol. The van der Waals surface area contributed by atoms with E-state index in [1.54, 1.807) is 0 Å². The molecule has 0 fully saturated rings. The van der Waals surface area contributed by atoms with Crippen LogP contribution in [0.2, 0.25) is 0 Å². The fraction of sp³-hybridized carbons (Fsp3) is 0.462. The second kappa shape index (κ2) is 5.83. The van der Waals surface area contributed by atoms with E-state index in [1.165, 1.54) is 6.26 Å². The summed E-state index contributed by atoms with van der Waals surface area (Å²) >= 11 is 3.42. The Morgan fingerprint density at radius 1 is 1.45 bits per heavy atom. The first-order valence-corrected chi connectivity index (χ1v) is 9.26. The number of nitrogens with zero attached hydrogens (tertiary/aromatic N) is 2. The lowest BCUT2D eigenvalue weighted by molar-refractivity contribution is 0.573. The largest absolute Gasteiger partial charge is 0.327 e. The molecule has 7 heteroatoms. The first-order valence-electron chi connectivity index (χ1n) is 6.41. The summed E-state index contributed by atoms with van der Waals surface area (Å²) in [5.74, 6) is 0.814. The molecule has 0 bridgehead atoms. The van der Waals surface area contributed by atoms with E-state index in [2.05, 4.69) is 20.9 Å². The van der Waals surface area contributed by atoms with Crippen molar-refractivity contribution in [1.29, 1.82) is 0 Å². The summed E-state index contributed by atoms with van der Waals surface area (Å²) in [6, 6.07) is 5.51. The lowest BCUT2D eigenvalue weighted by atomic mass is 10.2. The lowest BCUT2D eigenvalue weighted by Gasteiger charge is -2.12. The molecule has 0 spiro atoms. The van der Waals surface area contributed by atoms with Crippen LogP contribution in [0, 0.1) is 0 Å². The number of halogens is 1. The average molecular weight is 360 g/mol. The van der Waals surface area contributed by atoms with Gasteiger partial charge in [0.15, 0.2) is 0 Å². The van der Waals surface area contributed by atoms with Crippen LogP contribution < -0.4 is 5.73 Å². The SMILES string of the molecule is CCn1c(C(N)CCS(C)(=O)=O)nc2cc(Br)ccc21. The first kappa shape index (κ1) is 15.5. The number of hydrogen-bond donors (Lipinski definition) is 1. The van der Waals surface area contributed by atoms with Gasteiger partial charge in [0, 0.05) is 17.3 Å². The molecule has 0 saturated carbocycles. The highest BCUT2D eigenvalue weighted by atomic mass is 79.9. The molecule has 20 heavy (non-hydrogen) atoms. The van der Waals surface area contributed by atoms with E-state index >= 15 is 0 Å². The summed E-state index contributed by atoms with van der Waals surface area (Å²) in [6.45, 7) is 2.77. The Balaban J connectivity index is 2.38. The maximum Gasteiger partial charge on any atom is 0.147 e. The minimum absolute atomic E-state index is 0.0742. The standard InChI is InChI=1S/C13H18BrN3O2S/c1-3-17-12-5-4-9(14)8-11(12)16-13(17)10(15)6-7-20(2,18)19/h4-5,8,10H,3,6-7,15H2,1-2H3. The zero-order valence-electron chi connectivity index (χ0n) is 11.5. The Labute approximate surface area is 127 Å². The van der Waals surface area contributed by atoms with E-state index in [1.807, 2.05) is 29.7 Å². The Bertz CT molecular complexity index is 725. The molecule has 0 saturated heterocycles. The van der Waals surface area contributed by atoms with Gasteiger partial charge >= 0.3 is 0 Å². The third kappa shape index (κ3) is 3.39. The van der Waals surface area contributed by atoms with Crippen LogP contribution in [-0.2, 0) is 16.4 Å². The molecule has 1 aromatic carbocycles. The number of hydrogen-bond acceptors (Lipinski definition) is 4. The predicted molar refractivity (Wildman–Crippen MR) is 84.4 cm³/mol. The summed E-state index contributed by atoms with van der Waals surface area (Å²) in [5.41, 5.74) is 8.00. The molecule has 2 rings (SSSR count). The third-order valence-corrected chi connectivity index (χ3v) is 4.66. The van der Waals surface area contributed by atoms with Crippen molar-refractivity contribution in [3.63, 3.8) is 0 Å². The van der Waals surface area contributed by atoms with Crippen molar-refractivity contribution in [3.8, 4) is 0 Å². The highest BCUT2D eigenvalue weighted by Crippen LogP contribution is 2.24. The number of imidazole rings is 1. The van der Waals surface area contributed by atoms with Crippen LogP contribution in [-0.4, -0.2) is 30.0 Å². The van der Waals surface area contributed by atoms with Gasteiger partial charge in [-0.2, -0.15) is 0 Å². The quantitative estimate of drug-likeness (QED) is 0.887. The summed E-state index contributed by atoms with van der Waals surface area (Å²) in [6.07, 6.45) is 1.60. The van der Waals surface area contributed by atoms with E-state index in [-0.39, 0.29) is 11.8 Å². The molecular weight excluding hydrogens is 342 g/mol. The van der Waals surface area contributed by atoms with Crippen LogP contribution in [0.25, 0.3) is 11.0 Å².